The molecule has 2 rings (SSSR count). The van der Waals surface area contributed by atoms with Crippen LogP contribution in [0, 0.1) is 0 Å². The predicted octanol–water partition coefficient (Wildman–Crippen LogP) is 1.05. The Morgan fingerprint density at radius 3 is 2.65 bits per heavy atom. The molecule has 3 N–H and O–H groups in total. The summed E-state index contributed by atoms with van der Waals surface area (Å²) < 4.78 is 0. The number of anilines is 2. The van der Waals surface area contributed by atoms with Crippen LogP contribution in [-0.4, -0.2) is 42.6 Å². The highest BCUT2D eigenvalue weighted by Crippen LogP contribution is 2.28. The number of aliphatic hydroxyl groups is 2. The molecule has 0 spiro atoms. The third kappa shape index (κ3) is 3.11. The van der Waals surface area contributed by atoms with Gasteiger partial charge in [-0.25, -0.2) is 0 Å². The summed E-state index contributed by atoms with van der Waals surface area (Å²) in [4.78, 5) is 2.35. The van der Waals surface area contributed by atoms with E-state index < -0.39 is 6.10 Å². The van der Waals surface area contributed by atoms with Gasteiger partial charge in [0.15, 0.2) is 0 Å². The fourth-order valence-electron chi connectivity index (χ4n) is 2.15. The van der Waals surface area contributed by atoms with Gasteiger partial charge in [0.25, 0.3) is 0 Å². The van der Waals surface area contributed by atoms with Crippen LogP contribution >= 0.6 is 0 Å². The molecule has 0 bridgehead atoms. The van der Waals surface area contributed by atoms with Crippen LogP contribution in [0.5, 0.6) is 0 Å². The van der Waals surface area contributed by atoms with E-state index in [-0.39, 0.29) is 6.61 Å². The predicted molar refractivity (Wildman–Crippen MR) is 69.5 cm³/mol. The van der Waals surface area contributed by atoms with Gasteiger partial charge in [0, 0.05) is 19.6 Å². The van der Waals surface area contributed by atoms with Crippen molar-refractivity contribution in [1.82, 2.24) is 0 Å². The Labute approximate surface area is 102 Å². The number of nitrogens with one attached hydrogen (secondary N) is 1. The Kier molecular flexibility index (Phi) is 4.23. The zero-order valence-electron chi connectivity index (χ0n) is 9.97. The normalized spacial score (nSPS) is 17.2. The first-order chi connectivity index (χ1) is 8.31. The summed E-state index contributed by atoms with van der Waals surface area (Å²) in [6, 6.07) is 8.12. The Morgan fingerprint density at radius 1 is 1.24 bits per heavy atom. The molecule has 1 heterocycles. The molecule has 1 fully saturated rings. The average molecular weight is 236 g/mol. The van der Waals surface area contributed by atoms with E-state index in [9.17, 15) is 5.11 Å². The largest absolute Gasteiger partial charge is 0.394 e. The minimum Gasteiger partial charge on any atom is -0.394 e. The molecule has 1 unspecified atom stereocenters. The fraction of sp³-hybridized carbons (Fsp3) is 0.538. The molecule has 0 aromatic heterocycles. The minimum absolute atomic E-state index is 0.209. The summed E-state index contributed by atoms with van der Waals surface area (Å²) in [5, 5.41) is 21.3. The lowest BCUT2D eigenvalue weighted by atomic mass is 10.2. The van der Waals surface area contributed by atoms with Crippen molar-refractivity contribution in [1.29, 1.82) is 0 Å². The smallest absolute Gasteiger partial charge is 0.0942 e. The SMILES string of the molecule is OCC(O)CNc1ccccc1N1CCCC1. The van der Waals surface area contributed by atoms with Gasteiger partial charge in [-0.05, 0) is 25.0 Å². The molecule has 1 aromatic rings. The van der Waals surface area contributed by atoms with Crippen LogP contribution in [0.3, 0.4) is 0 Å². The summed E-state index contributed by atoms with van der Waals surface area (Å²) in [6.45, 7) is 2.36. The van der Waals surface area contributed by atoms with Crippen molar-refractivity contribution in [3.63, 3.8) is 0 Å². The van der Waals surface area contributed by atoms with Crippen LogP contribution in [0.15, 0.2) is 24.3 Å². The van der Waals surface area contributed by atoms with E-state index >= 15 is 0 Å². The number of rotatable bonds is 5. The molecule has 0 amide bonds. The topological polar surface area (TPSA) is 55.7 Å². The lowest BCUT2D eigenvalue weighted by Crippen LogP contribution is -2.25. The first kappa shape index (κ1) is 12.2. The van der Waals surface area contributed by atoms with Crippen molar-refractivity contribution in [2.24, 2.45) is 0 Å². The molecule has 1 aliphatic heterocycles. The molecular weight excluding hydrogens is 216 g/mol. The Morgan fingerprint density at radius 2 is 1.94 bits per heavy atom. The Hall–Kier alpha value is -1.26. The molecule has 0 aliphatic carbocycles. The molecule has 4 nitrogen and oxygen atoms in total. The summed E-state index contributed by atoms with van der Waals surface area (Å²) in [7, 11) is 0. The highest BCUT2D eigenvalue weighted by molar-refractivity contribution is 5.70. The standard InChI is InChI=1S/C13H20N2O2/c16-10-11(17)9-14-12-5-1-2-6-13(12)15-7-3-4-8-15/h1-2,5-6,11,14,16-17H,3-4,7-10H2. The van der Waals surface area contributed by atoms with Gasteiger partial charge in [-0.1, -0.05) is 12.1 Å². The Bertz CT molecular complexity index is 351. The second-order valence-corrected chi connectivity index (χ2v) is 4.43. The quantitative estimate of drug-likeness (QED) is 0.715. The van der Waals surface area contributed by atoms with Gasteiger partial charge in [0.2, 0.25) is 0 Å². The Balaban J connectivity index is 2.04. The minimum atomic E-state index is -0.707. The van der Waals surface area contributed by atoms with E-state index in [2.05, 4.69) is 16.3 Å². The second kappa shape index (κ2) is 5.89. The first-order valence-electron chi connectivity index (χ1n) is 6.18. The molecule has 1 saturated heterocycles. The summed E-state index contributed by atoms with van der Waals surface area (Å²) in [5.41, 5.74) is 2.22. The molecule has 1 aromatic carbocycles. The number of hydrogen-bond acceptors (Lipinski definition) is 4. The van der Waals surface area contributed by atoms with Crippen molar-refractivity contribution in [3.8, 4) is 0 Å². The van der Waals surface area contributed by atoms with Crippen LogP contribution in [0.25, 0.3) is 0 Å². The molecule has 94 valence electrons. The monoisotopic (exact) mass is 236 g/mol. The fourth-order valence-corrected chi connectivity index (χ4v) is 2.15. The molecule has 1 aliphatic rings. The summed E-state index contributed by atoms with van der Waals surface area (Å²) in [5.74, 6) is 0. The van der Waals surface area contributed by atoms with Crippen molar-refractivity contribution in [3.05, 3.63) is 24.3 Å². The number of para-hydroxylation sites is 2. The first-order valence-corrected chi connectivity index (χ1v) is 6.18. The van der Waals surface area contributed by atoms with E-state index in [1.54, 1.807) is 0 Å². The van der Waals surface area contributed by atoms with Crippen molar-refractivity contribution in [2.45, 2.75) is 18.9 Å². The maximum Gasteiger partial charge on any atom is 0.0942 e. The van der Waals surface area contributed by atoms with Crippen LogP contribution in [0.4, 0.5) is 11.4 Å². The maximum atomic E-state index is 9.35. The third-order valence-electron chi connectivity index (χ3n) is 3.09. The van der Waals surface area contributed by atoms with E-state index in [1.807, 2.05) is 18.2 Å². The molecule has 0 radical (unpaired) electrons. The molecule has 1 atom stereocenters. The second-order valence-electron chi connectivity index (χ2n) is 4.43. The highest BCUT2D eigenvalue weighted by atomic mass is 16.3. The molecular formula is C13H20N2O2. The van der Waals surface area contributed by atoms with Gasteiger partial charge in [-0.15, -0.1) is 0 Å². The van der Waals surface area contributed by atoms with Crippen molar-refractivity contribution < 1.29 is 10.2 Å². The zero-order chi connectivity index (χ0) is 12.1. The van der Waals surface area contributed by atoms with Gasteiger partial charge < -0.3 is 20.4 Å². The number of hydrogen-bond donors (Lipinski definition) is 3. The zero-order valence-corrected chi connectivity index (χ0v) is 9.97. The maximum absolute atomic E-state index is 9.35. The van der Waals surface area contributed by atoms with Gasteiger partial charge in [0.1, 0.15) is 0 Å². The van der Waals surface area contributed by atoms with Crippen LogP contribution < -0.4 is 10.2 Å². The summed E-state index contributed by atoms with van der Waals surface area (Å²) in [6.07, 6.45) is 1.78. The summed E-state index contributed by atoms with van der Waals surface area (Å²) >= 11 is 0. The lowest BCUT2D eigenvalue weighted by Gasteiger charge is -2.22. The van der Waals surface area contributed by atoms with Crippen LogP contribution in [0.2, 0.25) is 0 Å². The van der Waals surface area contributed by atoms with E-state index in [0.717, 1.165) is 18.8 Å². The average Bonchev–Trinajstić information content (AvgIpc) is 2.90. The molecule has 4 heteroatoms. The third-order valence-corrected chi connectivity index (χ3v) is 3.09. The van der Waals surface area contributed by atoms with E-state index in [0.29, 0.717) is 6.54 Å². The van der Waals surface area contributed by atoms with Gasteiger partial charge in [0.05, 0.1) is 24.1 Å². The van der Waals surface area contributed by atoms with E-state index in [4.69, 9.17) is 5.11 Å². The van der Waals surface area contributed by atoms with Crippen LogP contribution in [0.1, 0.15) is 12.8 Å². The molecule has 0 saturated carbocycles. The highest BCUT2D eigenvalue weighted by Gasteiger charge is 2.15. The van der Waals surface area contributed by atoms with Crippen LogP contribution in [-0.2, 0) is 0 Å². The van der Waals surface area contributed by atoms with Gasteiger partial charge in [-0.2, -0.15) is 0 Å². The van der Waals surface area contributed by atoms with Gasteiger partial charge >= 0.3 is 0 Å². The van der Waals surface area contributed by atoms with Crippen molar-refractivity contribution >= 4 is 11.4 Å². The van der Waals surface area contributed by atoms with E-state index in [1.165, 1.54) is 18.5 Å². The number of nitrogens with zero attached hydrogens (tertiary/aromatic N) is 1. The van der Waals surface area contributed by atoms with Crippen molar-refractivity contribution in [2.75, 3.05) is 36.5 Å². The van der Waals surface area contributed by atoms with Gasteiger partial charge in [-0.3, -0.25) is 0 Å². The lowest BCUT2D eigenvalue weighted by molar-refractivity contribution is 0.105. The number of benzene rings is 1. The molecule has 17 heavy (non-hydrogen) atoms. The number of aliphatic hydroxyl groups excluding tert-OH is 2.